The summed E-state index contributed by atoms with van der Waals surface area (Å²) in [4.78, 5) is 92.5. The van der Waals surface area contributed by atoms with Gasteiger partial charge in [-0.2, -0.15) is 20.4 Å². The van der Waals surface area contributed by atoms with E-state index in [1.165, 1.54) is 39.8 Å². The number of ether oxygens (including phenoxy) is 3. The number of likely N-dealkylation sites (tertiary alicyclic amines) is 2. The number of nitrogens with zero attached hydrogens (tertiary/aromatic N) is 14. The molecule has 0 aliphatic carbocycles. The minimum absolute atomic E-state index is 0.0610. The molecule has 10 aromatic rings. The van der Waals surface area contributed by atoms with Crippen molar-refractivity contribution in [2.75, 3.05) is 95.0 Å². The van der Waals surface area contributed by atoms with Crippen molar-refractivity contribution >= 4 is 81.2 Å². The summed E-state index contributed by atoms with van der Waals surface area (Å²) in [5, 5.41) is 47.4. The second-order valence-corrected chi connectivity index (χ2v) is 26.1. The highest BCUT2D eigenvalue weighted by molar-refractivity contribution is 5.99. The van der Waals surface area contributed by atoms with Crippen molar-refractivity contribution < 1.29 is 48.1 Å². The van der Waals surface area contributed by atoms with Crippen LogP contribution in [0.25, 0.3) is 0 Å². The molecule has 4 fully saturated rings. The lowest BCUT2D eigenvalue weighted by molar-refractivity contribution is 0.0593. The first-order valence-corrected chi connectivity index (χ1v) is 35.6. The second-order valence-electron chi connectivity index (χ2n) is 26.1. The van der Waals surface area contributed by atoms with Gasteiger partial charge in [0.15, 0.2) is 0 Å². The third-order valence-electron chi connectivity index (χ3n) is 19.2. The molecule has 7 N–H and O–H groups in total. The van der Waals surface area contributed by atoms with Crippen molar-refractivity contribution in [3.05, 3.63) is 215 Å². The Morgan fingerprint density at radius 2 is 0.720 bits per heavy atom. The Morgan fingerprint density at radius 1 is 0.402 bits per heavy atom. The van der Waals surface area contributed by atoms with E-state index in [9.17, 15) is 33.9 Å². The summed E-state index contributed by atoms with van der Waals surface area (Å²) >= 11 is 0. The Kier molecular flexibility index (Phi) is 25.9. The van der Waals surface area contributed by atoms with E-state index in [0.29, 0.717) is 83.3 Å². The number of aromatic carboxylic acids is 1. The fourth-order valence-electron chi connectivity index (χ4n) is 13.2. The molecular weight excluding hydrogens is 1360 g/mol. The number of carbonyl (C=O) groups is 6. The van der Waals surface area contributed by atoms with Gasteiger partial charge in [0.1, 0.15) is 0 Å². The first-order chi connectivity index (χ1) is 52.0. The first-order valence-electron chi connectivity index (χ1n) is 35.6. The monoisotopic (exact) mass is 1450 g/mol. The lowest BCUT2D eigenvalue weighted by atomic mass is 10.0. The smallest absolute Gasteiger partial charge is 0.340 e. The van der Waals surface area contributed by atoms with Crippen LogP contribution in [0.3, 0.4) is 0 Å². The number of anilines is 8. The average molecular weight is 1460 g/mol. The minimum Gasteiger partial charge on any atom is -0.478 e. The number of pyridine rings is 4. The van der Waals surface area contributed by atoms with E-state index >= 15 is 0 Å². The van der Waals surface area contributed by atoms with Crippen molar-refractivity contribution in [3.63, 3.8) is 0 Å². The van der Waals surface area contributed by atoms with Gasteiger partial charge in [-0.15, -0.1) is 0 Å². The largest absolute Gasteiger partial charge is 0.478 e. The number of nitrogens with one attached hydrogen (secondary N) is 6. The zero-order valence-corrected chi connectivity index (χ0v) is 61.0. The first kappa shape index (κ1) is 76.0. The molecule has 0 saturated carbocycles. The Balaban J connectivity index is 0.000000143. The highest BCUT2D eigenvalue weighted by Crippen LogP contribution is 2.33. The number of carbonyl (C=O) groups excluding carboxylic acids is 5. The standard InChI is InChI=1S/C23H25N5O3.C22H23N5O3.2C16H21N5O2/c1-16-21(25-20-14-24-11-8-19(20)23(30)31-2)15-28(26-16)18-9-12-27(13-10-18)22(29)17-6-4-3-5-7-17;1-15-20(24-19-13-23-10-7-18(19)22(29)30)14-27(25-15)17-8-11-26(12-9-17)21(28)16-5-3-2-4-6-16;1-11-14(10-19-21(11)12-3-6-17-7-4-12)20-15-9-18-8-5-13(15)16(22)23-2;1-11-15(10-21(20-11)12-3-6-17-7-4-12)19-14-9-18-8-5-13(14)16(22)23-2/h3-8,11,14-15,18,25H,9-10,12-13H2,1-2H3;2-7,10,13-14,17,24H,8-9,11-12H2,1H3,(H,29,30);5,8-10,12,17,20H,3-4,6-7H2,1-2H3;5,8-10,12,17,19H,3-4,6-7H2,1-2H3. The Bertz CT molecular complexity index is 4610. The maximum Gasteiger partial charge on any atom is 0.340 e. The summed E-state index contributed by atoms with van der Waals surface area (Å²) < 4.78 is 22.4. The molecular formula is C77H90N20O10. The van der Waals surface area contributed by atoms with Crippen molar-refractivity contribution in [2.45, 2.75) is 103 Å². The van der Waals surface area contributed by atoms with E-state index in [1.54, 1.807) is 61.6 Å². The number of esters is 3. The van der Waals surface area contributed by atoms with Gasteiger partial charge in [-0.1, -0.05) is 36.4 Å². The third kappa shape index (κ3) is 19.2. The number of piperidine rings is 4. The molecule has 30 nitrogen and oxygen atoms in total. The molecule has 558 valence electrons. The van der Waals surface area contributed by atoms with Crippen LogP contribution in [-0.4, -0.2) is 183 Å². The summed E-state index contributed by atoms with van der Waals surface area (Å²) in [6.45, 7) is 14.6. The van der Waals surface area contributed by atoms with Crippen LogP contribution in [0.5, 0.6) is 0 Å². The summed E-state index contributed by atoms with van der Waals surface area (Å²) in [5.41, 5.74) is 12.0. The van der Waals surface area contributed by atoms with Gasteiger partial charge in [-0.3, -0.25) is 48.3 Å². The zero-order valence-electron chi connectivity index (χ0n) is 61.0. The van der Waals surface area contributed by atoms with E-state index in [-0.39, 0.29) is 29.5 Å². The fourth-order valence-corrected chi connectivity index (χ4v) is 13.2. The van der Waals surface area contributed by atoms with Crippen LogP contribution < -0.4 is 31.9 Å². The quantitative estimate of drug-likeness (QED) is 0.0310. The number of methoxy groups -OCH3 is 3. The second kappa shape index (κ2) is 36.5. The molecule has 4 saturated heterocycles. The van der Waals surface area contributed by atoms with Crippen molar-refractivity contribution in [1.29, 1.82) is 0 Å². The normalized spacial score (nSPS) is 14.8. The van der Waals surface area contributed by atoms with Crippen LogP contribution in [-0.2, 0) is 14.2 Å². The Hall–Kier alpha value is -12.2. The number of benzene rings is 2. The summed E-state index contributed by atoms with van der Waals surface area (Å²) in [6.07, 6.45) is 27.7. The molecule has 2 aromatic carbocycles. The van der Waals surface area contributed by atoms with E-state index in [0.717, 1.165) is 129 Å². The molecule has 2 amide bonds. The molecule has 14 rings (SSSR count). The number of hydrogen-bond acceptors (Lipinski definition) is 23. The predicted octanol–water partition coefficient (Wildman–Crippen LogP) is 11.2. The molecule has 107 heavy (non-hydrogen) atoms. The number of aryl methyl sites for hydroxylation is 3. The Labute approximate surface area is 619 Å². The van der Waals surface area contributed by atoms with E-state index in [2.05, 4.69) is 76.9 Å². The predicted molar refractivity (Wildman–Crippen MR) is 402 cm³/mol. The number of aromatic nitrogens is 12. The van der Waals surface area contributed by atoms with Crippen LogP contribution in [0.1, 0.15) is 160 Å². The molecule has 0 spiro atoms. The van der Waals surface area contributed by atoms with E-state index < -0.39 is 23.9 Å². The minimum atomic E-state index is -1.01. The molecule has 12 heterocycles. The molecule has 4 aliphatic heterocycles. The highest BCUT2D eigenvalue weighted by Gasteiger charge is 2.29. The number of hydrogen-bond donors (Lipinski definition) is 7. The molecule has 0 unspecified atom stereocenters. The van der Waals surface area contributed by atoms with Gasteiger partial charge in [0.25, 0.3) is 11.8 Å². The van der Waals surface area contributed by atoms with Gasteiger partial charge in [0.2, 0.25) is 0 Å². The highest BCUT2D eigenvalue weighted by atomic mass is 16.5. The lowest BCUT2D eigenvalue weighted by Gasteiger charge is -2.32. The molecule has 0 bridgehead atoms. The average Bonchev–Trinajstić information content (AvgIpc) is 1.73. The molecule has 0 atom stereocenters. The summed E-state index contributed by atoms with van der Waals surface area (Å²) in [7, 11) is 4.09. The maximum absolute atomic E-state index is 12.7. The van der Waals surface area contributed by atoms with Gasteiger partial charge < -0.3 is 61.0 Å². The molecule has 0 radical (unpaired) electrons. The lowest BCUT2D eigenvalue weighted by Crippen LogP contribution is -2.39. The van der Waals surface area contributed by atoms with Gasteiger partial charge in [-0.25, -0.2) is 19.2 Å². The number of rotatable bonds is 18. The summed E-state index contributed by atoms with van der Waals surface area (Å²) in [5.74, 6) is -2.09. The van der Waals surface area contributed by atoms with Gasteiger partial charge in [0.05, 0.1) is 167 Å². The molecule has 30 heteroatoms. The van der Waals surface area contributed by atoms with Crippen molar-refractivity contribution in [3.8, 4) is 0 Å². The molecule has 8 aromatic heterocycles. The van der Waals surface area contributed by atoms with Gasteiger partial charge >= 0.3 is 23.9 Å². The number of carboxylic acids is 1. The van der Waals surface area contributed by atoms with E-state index in [4.69, 9.17) is 14.2 Å². The zero-order chi connectivity index (χ0) is 75.3. The number of carboxylic acid groups (broad SMARTS) is 1. The fraction of sp³-hybridized carbons (Fsp3) is 0.351. The number of amides is 2. The van der Waals surface area contributed by atoms with Crippen LogP contribution in [0.4, 0.5) is 45.5 Å². The van der Waals surface area contributed by atoms with Crippen LogP contribution in [0.15, 0.2) is 159 Å². The van der Waals surface area contributed by atoms with Crippen LogP contribution >= 0.6 is 0 Å². The topological polar surface area (TPSA) is 352 Å². The Morgan fingerprint density at radius 3 is 1.07 bits per heavy atom. The van der Waals surface area contributed by atoms with E-state index in [1.807, 2.05) is 131 Å². The van der Waals surface area contributed by atoms with Gasteiger partial charge in [-0.05, 0) is 154 Å². The van der Waals surface area contributed by atoms with Crippen molar-refractivity contribution in [1.82, 2.24) is 79.5 Å². The SMILES string of the molecule is COC(=O)c1ccncc1Nc1cn(C2CCN(C(=O)c3ccccc3)CC2)nc1C.COC(=O)c1ccncc1Nc1cn(C2CCNCC2)nc1C.COC(=O)c1ccncc1Nc1cnn(C2CCNCC2)c1C.Cc1nn(C2CCN(C(=O)c3ccccc3)CC2)cc1Nc1cnccc1C(=O)O. The van der Waals surface area contributed by atoms with Crippen LogP contribution in [0, 0.1) is 27.7 Å². The van der Waals surface area contributed by atoms with Crippen molar-refractivity contribution in [2.24, 2.45) is 0 Å². The van der Waals surface area contributed by atoms with Gasteiger partial charge in [0, 0.05) is 80.7 Å². The third-order valence-corrected chi connectivity index (χ3v) is 19.2. The molecule has 4 aliphatic rings. The summed E-state index contributed by atoms with van der Waals surface area (Å²) in [6, 6.07) is 26.3. The maximum atomic E-state index is 12.7. The van der Waals surface area contributed by atoms with Crippen LogP contribution in [0.2, 0.25) is 0 Å².